The summed E-state index contributed by atoms with van der Waals surface area (Å²) in [5, 5.41) is 8.66. The molecule has 2 heteroatoms. The predicted molar refractivity (Wildman–Crippen MR) is 48.8 cm³/mol. The van der Waals surface area contributed by atoms with Crippen LogP contribution >= 0.6 is 0 Å². The van der Waals surface area contributed by atoms with E-state index in [9.17, 15) is 0 Å². The third-order valence-electron chi connectivity index (χ3n) is 2.74. The van der Waals surface area contributed by atoms with Gasteiger partial charge in [-0.1, -0.05) is 32.4 Å². The molecule has 0 bridgehead atoms. The van der Waals surface area contributed by atoms with Crippen molar-refractivity contribution in [1.82, 2.24) is 0 Å². The van der Waals surface area contributed by atoms with Gasteiger partial charge in [-0.25, -0.2) is 4.89 Å². The average Bonchev–Trinajstić information content (AvgIpc) is 2.03. The topological polar surface area (TPSA) is 29.5 Å². The normalized spacial score (nSPS) is 36.3. The lowest BCUT2D eigenvalue weighted by Gasteiger charge is -2.30. The van der Waals surface area contributed by atoms with Gasteiger partial charge in [0.05, 0.1) is 0 Å². The predicted octanol–water partition coefficient (Wildman–Crippen LogP) is 2.86. The molecule has 0 aliphatic heterocycles. The number of rotatable bonds is 2. The molecule has 2 nitrogen and oxygen atoms in total. The van der Waals surface area contributed by atoms with Crippen LogP contribution in [0.15, 0.2) is 11.6 Å². The molecule has 70 valence electrons. The Morgan fingerprint density at radius 2 is 2.25 bits per heavy atom. The summed E-state index contributed by atoms with van der Waals surface area (Å²) in [5.41, 5.74) is 1.49. The zero-order valence-electron chi connectivity index (χ0n) is 8.08. The number of hydrogen-bond donors (Lipinski definition) is 1. The molecule has 1 rings (SSSR count). The first-order chi connectivity index (χ1) is 5.69. The molecule has 0 spiro atoms. The van der Waals surface area contributed by atoms with Gasteiger partial charge < -0.3 is 0 Å². The summed E-state index contributed by atoms with van der Waals surface area (Å²) in [6, 6.07) is 0. The molecule has 12 heavy (non-hydrogen) atoms. The first-order valence-electron chi connectivity index (χ1n) is 4.68. The molecule has 0 aromatic rings. The second kappa shape index (κ2) is 4.06. The van der Waals surface area contributed by atoms with Gasteiger partial charge >= 0.3 is 0 Å². The highest BCUT2D eigenvalue weighted by atomic mass is 17.1. The highest BCUT2D eigenvalue weighted by molar-refractivity contribution is 5.10. The third kappa shape index (κ3) is 1.87. The Bertz CT molecular complexity index is 175. The molecule has 0 radical (unpaired) electrons. The van der Waals surface area contributed by atoms with Gasteiger partial charge in [-0.2, -0.15) is 0 Å². The fourth-order valence-electron chi connectivity index (χ4n) is 2.04. The smallest absolute Gasteiger partial charge is 0.102 e. The number of allylic oxidation sites excluding steroid dienone is 1. The van der Waals surface area contributed by atoms with Gasteiger partial charge in [0.1, 0.15) is 6.10 Å². The van der Waals surface area contributed by atoms with Crippen molar-refractivity contribution in [1.29, 1.82) is 0 Å². The summed E-state index contributed by atoms with van der Waals surface area (Å²) in [5.74, 6) is 0.777. The summed E-state index contributed by atoms with van der Waals surface area (Å²) in [6.45, 7) is 6.39. The van der Waals surface area contributed by atoms with Gasteiger partial charge in [-0.05, 0) is 18.8 Å². The largest absolute Gasteiger partial charge is 0.252 e. The molecule has 0 amide bonds. The van der Waals surface area contributed by atoms with Crippen molar-refractivity contribution in [3.8, 4) is 0 Å². The Kier molecular flexibility index (Phi) is 3.29. The summed E-state index contributed by atoms with van der Waals surface area (Å²) < 4.78 is 0. The van der Waals surface area contributed by atoms with Crippen molar-refractivity contribution in [2.45, 2.75) is 39.7 Å². The zero-order valence-corrected chi connectivity index (χ0v) is 8.08. The minimum Gasteiger partial charge on any atom is -0.252 e. The molecule has 0 saturated carbocycles. The maximum absolute atomic E-state index is 8.66. The first-order valence-corrected chi connectivity index (χ1v) is 4.68. The monoisotopic (exact) mass is 170 g/mol. The van der Waals surface area contributed by atoms with E-state index in [-0.39, 0.29) is 6.10 Å². The maximum Gasteiger partial charge on any atom is 0.102 e. The van der Waals surface area contributed by atoms with Crippen LogP contribution in [0.5, 0.6) is 0 Å². The van der Waals surface area contributed by atoms with Gasteiger partial charge in [0, 0.05) is 5.92 Å². The minimum absolute atomic E-state index is 0.0136. The van der Waals surface area contributed by atoms with Gasteiger partial charge in [0.15, 0.2) is 0 Å². The van der Waals surface area contributed by atoms with Gasteiger partial charge in [0.25, 0.3) is 0 Å². The fourth-order valence-corrected chi connectivity index (χ4v) is 2.04. The molecule has 0 fully saturated rings. The minimum atomic E-state index is -0.0136. The molecular formula is C10H18O2. The standard InChI is InChI=1S/C10H18O2/c1-4-9-5-7(2)10(12-11)8(3)6-9/h5,7-8,10-11H,4,6H2,1-3H3. The van der Waals surface area contributed by atoms with Crippen LogP contribution in [0.25, 0.3) is 0 Å². The van der Waals surface area contributed by atoms with Crippen LogP contribution < -0.4 is 0 Å². The molecule has 0 heterocycles. The van der Waals surface area contributed by atoms with Gasteiger partial charge in [-0.15, -0.1) is 0 Å². The molecule has 0 aromatic heterocycles. The van der Waals surface area contributed by atoms with E-state index < -0.39 is 0 Å². The van der Waals surface area contributed by atoms with Crippen LogP contribution in [0.4, 0.5) is 0 Å². The molecule has 1 aliphatic carbocycles. The van der Waals surface area contributed by atoms with Crippen molar-refractivity contribution in [3.05, 3.63) is 11.6 Å². The Balaban J connectivity index is 2.69. The van der Waals surface area contributed by atoms with Crippen molar-refractivity contribution in [2.24, 2.45) is 11.8 Å². The van der Waals surface area contributed by atoms with Crippen LogP contribution in [0.1, 0.15) is 33.6 Å². The van der Waals surface area contributed by atoms with E-state index in [1.807, 2.05) is 0 Å². The Labute approximate surface area is 74.2 Å². The lowest BCUT2D eigenvalue weighted by Crippen LogP contribution is -2.30. The summed E-state index contributed by atoms with van der Waals surface area (Å²) in [6.07, 6.45) is 4.39. The maximum atomic E-state index is 8.66. The fraction of sp³-hybridized carbons (Fsp3) is 0.800. The first kappa shape index (κ1) is 9.75. The molecule has 3 atom stereocenters. The lowest BCUT2D eigenvalue weighted by atomic mass is 9.81. The lowest BCUT2D eigenvalue weighted by molar-refractivity contribution is -0.297. The van der Waals surface area contributed by atoms with E-state index in [0.717, 1.165) is 12.8 Å². The molecule has 0 aromatic carbocycles. The quantitative estimate of drug-likeness (QED) is 0.392. The molecular weight excluding hydrogens is 152 g/mol. The van der Waals surface area contributed by atoms with E-state index in [1.54, 1.807) is 0 Å². The van der Waals surface area contributed by atoms with E-state index in [4.69, 9.17) is 5.26 Å². The molecule has 1 aliphatic rings. The van der Waals surface area contributed by atoms with E-state index in [2.05, 4.69) is 31.7 Å². The molecule has 1 N–H and O–H groups in total. The van der Waals surface area contributed by atoms with Crippen LogP contribution in [-0.2, 0) is 4.89 Å². The zero-order chi connectivity index (χ0) is 9.14. The van der Waals surface area contributed by atoms with E-state index >= 15 is 0 Å². The Hall–Kier alpha value is -0.340. The van der Waals surface area contributed by atoms with Crippen molar-refractivity contribution >= 4 is 0 Å². The second-order valence-electron chi connectivity index (χ2n) is 3.79. The third-order valence-corrected chi connectivity index (χ3v) is 2.74. The van der Waals surface area contributed by atoms with E-state index in [0.29, 0.717) is 11.8 Å². The van der Waals surface area contributed by atoms with Crippen molar-refractivity contribution in [3.63, 3.8) is 0 Å². The molecule has 3 unspecified atom stereocenters. The number of hydrogen-bond acceptors (Lipinski definition) is 2. The Morgan fingerprint density at radius 1 is 1.58 bits per heavy atom. The second-order valence-corrected chi connectivity index (χ2v) is 3.79. The summed E-state index contributed by atoms with van der Waals surface area (Å²) in [7, 11) is 0. The molecule has 0 saturated heterocycles. The van der Waals surface area contributed by atoms with Crippen LogP contribution in [0.2, 0.25) is 0 Å². The van der Waals surface area contributed by atoms with Crippen molar-refractivity contribution in [2.75, 3.05) is 0 Å². The SMILES string of the molecule is CCC1=CC(C)C(OO)C(C)C1. The summed E-state index contributed by atoms with van der Waals surface area (Å²) in [4.78, 5) is 4.46. The summed E-state index contributed by atoms with van der Waals surface area (Å²) >= 11 is 0. The Morgan fingerprint density at radius 3 is 2.67 bits per heavy atom. The van der Waals surface area contributed by atoms with Gasteiger partial charge in [-0.3, -0.25) is 5.26 Å². The van der Waals surface area contributed by atoms with Crippen LogP contribution in [-0.4, -0.2) is 11.4 Å². The van der Waals surface area contributed by atoms with Crippen LogP contribution in [0.3, 0.4) is 0 Å². The van der Waals surface area contributed by atoms with Gasteiger partial charge in [0.2, 0.25) is 0 Å². The highest BCUT2D eigenvalue weighted by Gasteiger charge is 2.28. The average molecular weight is 170 g/mol. The van der Waals surface area contributed by atoms with Crippen molar-refractivity contribution < 1.29 is 10.1 Å². The highest BCUT2D eigenvalue weighted by Crippen LogP contribution is 2.31. The van der Waals surface area contributed by atoms with Crippen LogP contribution in [0, 0.1) is 11.8 Å². The van der Waals surface area contributed by atoms with E-state index in [1.165, 1.54) is 5.57 Å².